The van der Waals surface area contributed by atoms with Gasteiger partial charge in [0.25, 0.3) is 0 Å². The largest absolute Gasteiger partial charge is 0.418 e. The first-order chi connectivity index (χ1) is 7.14. The van der Waals surface area contributed by atoms with Crippen LogP contribution in [0.4, 0.5) is 13.2 Å². The van der Waals surface area contributed by atoms with Gasteiger partial charge < -0.3 is 9.67 Å². The molecule has 0 fully saturated rings. The molecular formula is C10H12F3O2P. The van der Waals surface area contributed by atoms with Gasteiger partial charge in [0, 0.05) is 10.9 Å². The van der Waals surface area contributed by atoms with E-state index in [2.05, 4.69) is 0 Å². The molecule has 16 heavy (non-hydrogen) atoms. The zero-order chi connectivity index (χ0) is 12.6. The van der Waals surface area contributed by atoms with E-state index in [-0.39, 0.29) is 10.9 Å². The number of aliphatic hydroxyl groups is 1. The van der Waals surface area contributed by atoms with Crippen molar-refractivity contribution in [1.29, 1.82) is 0 Å². The van der Waals surface area contributed by atoms with Crippen molar-refractivity contribution in [1.82, 2.24) is 0 Å². The normalized spacial score (nSPS) is 14.9. The van der Waals surface area contributed by atoms with Gasteiger partial charge in [-0.2, -0.15) is 13.2 Å². The van der Waals surface area contributed by atoms with E-state index in [1.807, 2.05) is 0 Å². The van der Waals surface area contributed by atoms with Crippen LogP contribution in [0, 0.1) is 0 Å². The van der Waals surface area contributed by atoms with Gasteiger partial charge in [-0.25, -0.2) is 0 Å². The molecule has 1 atom stereocenters. The third-order valence-corrected chi connectivity index (χ3v) is 3.69. The molecule has 0 spiro atoms. The average molecular weight is 252 g/mol. The second-order valence-corrected chi connectivity index (χ2v) is 7.04. The smallest absolute Gasteiger partial charge is 0.379 e. The minimum atomic E-state index is -4.74. The van der Waals surface area contributed by atoms with Gasteiger partial charge in [-0.1, -0.05) is 24.3 Å². The maximum atomic E-state index is 12.4. The molecule has 1 aromatic rings. The molecule has 0 saturated carbocycles. The molecule has 90 valence electrons. The first-order valence-corrected chi connectivity index (χ1v) is 7.13. The zero-order valence-electron chi connectivity index (χ0n) is 8.82. The third kappa shape index (κ3) is 2.86. The second kappa shape index (κ2) is 4.22. The first kappa shape index (κ1) is 13.3. The summed E-state index contributed by atoms with van der Waals surface area (Å²) in [5.41, 5.74) is -0.330. The lowest BCUT2D eigenvalue weighted by molar-refractivity contribution is -0.206. The Kier molecular flexibility index (Phi) is 3.50. The Balaban J connectivity index is 3.30. The fourth-order valence-corrected chi connectivity index (χ4v) is 2.65. The van der Waals surface area contributed by atoms with Crippen LogP contribution in [0.1, 0.15) is 11.7 Å². The number of hydrogen-bond donors (Lipinski definition) is 1. The molecule has 0 bridgehead atoms. The molecule has 0 aliphatic rings. The van der Waals surface area contributed by atoms with E-state index >= 15 is 0 Å². The van der Waals surface area contributed by atoms with Crippen LogP contribution in [-0.4, -0.2) is 24.6 Å². The van der Waals surface area contributed by atoms with Crippen molar-refractivity contribution in [2.24, 2.45) is 0 Å². The summed E-state index contributed by atoms with van der Waals surface area (Å²) in [5.74, 6) is 0. The highest BCUT2D eigenvalue weighted by Crippen LogP contribution is 2.40. The van der Waals surface area contributed by atoms with E-state index in [1.165, 1.54) is 31.5 Å². The Morgan fingerprint density at radius 3 is 2.19 bits per heavy atom. The highest BCUT2D eigenvalue weighted by molar-refractivity contribution is 7.70. The first-order valence-electron chi connectivity index (χ1n) is 4.53. The topological polar surface area (TPSA) is 37.3 Å². The summed E-state index contributed by atoms with van der Waals surface area (Å²) in [6.45, 7) is 2.74. The van der Waals surface area contributed by atoms with E-state index in [4.69, 9.17) is 5.11 Å². The molecule has 0 aromatic heterocycles. The molecule has 0 aliphatic carbocycles. The van der Waals surface area contributed by atoms with Crippen LogP contribution in [0.25, 0.3) is 0 Å². The summed E-state index contributed by atoms with van der Waals surface area (Å²) < 4.78 is 48.9. The summed E-state index contributed by atoms with van der Waals surface area (Å²) in [7, 11) is -2.84. The second-order valence-electron chi connectivity index (χ2n) is 3.85. The van der Waals surface area contributed by atoms with Crippen molar-refractivity contribution >= 4 is 12.4 Å². The molecule has 6 heteroatoms. The van der Waals surface area contributed by atoms with Crippen LogP contribution in [0.5, 0.6) is 0 Å². The van der Waals surface area contributed by atoms with E-state index < -0.39 is 19.4 Å². The summed E-state index contributed by atoms with van der Waals surface area (Å²) in [6.07, 6.45) is -7.33. The van der Waals surface area contributed by atoms with E-state index in [9.17, 15) is 17.7 Å². The summed E-state index contributed by atoms with van der Waals surface area (Å²) in [4.78, 5) is 0. The number of halogens is 3. The molecule has 1 unspecified atom stereocenters. The number of aliphatic hydroxyl groups excluding tert-OH is 1. The molecule has 2 nitrogen and oxygen atoms in total. The Labute approximate surface area is 91.5 Å². The molecule has 1 N–H and O–H groups in total. The maximum absolute atomic E-state index is 12.4. The van der Waals surface area contributed by atoms with Gasteiger partial charge in [0.05, 0.1) is 0 Å². The Morgan fingerprint density at radius 1 is 1.25 bits per heavy atom. The Morgan fingerprint density at radius 2 is 1.75 bits per heavy atom. The molecule has 1 rings (SSSR count). The van der Waals surface area contributed by atoms with Gasteiger partial charge in [0.15, 0.2) is 6.10 Å². The van der Waals surface area contributed by atoms with Crippen molar-refractivity contribution < 1.29 is 22.8 Å². The lowest BCUT2D eigenvalue weighted by Gasteiger charge is -2.19. The monoisotopic (exact) mass is 252 g/mol. The van der Waals surface area contributed by atoms with Gasteiger partial charge in [0.1, 0.15) is 7.14 Å². The van der Waals surface area contributed by atoms with Gasteiger partial charge in [0.2, 0.25) is 0 Å². The quantitative estimate of drug-likeness (QED) is 0.821. The molecule has 1 aromatic carbocycles. The minimum absolute atomic E-state index is 0.0693. The van der Waals surface area contributed by atoms with Crippen LogP contribution in [0.2, 0.25) is 0 Å². The van der Waals surface area contributed by atoms with E-state index in [0.29, 0.717) is 0 Å². The van der Waals surface area contributed by atoms with Crippen LogP contribution in [-0.2, 0) is 4.57 Å². The number of hydrogen-bond acceptors (Lipinski definition) is 2. The molecule has 0 aliphatic heterocycles. The Bertz CT molecular complexity index is 422. The van der Waals surface area contributed by atoms with Crippen LogP contribution in [0.3, 0.4) is 0 Å². The molecular weight excluding hydrogens is 240 g/mol. The minimum Gasteiger partial charge on any atom is -0.379 e. The van der Waals surface area contributed by atoms with Crippen molar-refractivity contribution in [2.75, 3.05) is 13.3 Å². The van der Waals surface area contributed by atoms with Crippen LogP contribution in [0.15, 0.2) is 24.3 Å². The van der Waals surface area contributed by atoms with Crippen LogP contribution >= 0.6 is 7.14 Å². The molecule has 0 saturated heterocycles. The standard InChI is InChI=1S/C10H12F3O2P/c1-16(2,15)8-6-4-3-5-7(8)9(14)10(11,12)13/h3-6,9,14H,1-2H3. The third-order valence-electron chi connectivity index (χ3n) is 2.12. The molecule has 0 heterocycles. The zero-order valence-corrected chi connectivity index (χ0v) is 9.72. The SMILES string of the molecule is CP(C)(=O)c1ccccc1C(O)C(F)(F)F. The highest BCUT2D eigenvalue weighted by Gasteiger charge is 2.41. The lowest BCUT2D eigenvalue weighted by atomic mass is 10.1. The number of alkyl halides is 3. The lowest BCUT2D eigenvalue weighted by Crippen LogP contribution is -2.25. The Hall–Kier alpha value is -0.800. The summed E-state index contributed by atoms with van der Waals surface area (Å²) in [6, 6.07) is 5.38. The van der Waals surface area contributed by atoms with Gasteiger partial charge in [-0.3, -0.25) is 0 Å². The fraction of sp³-hybridized carbons (Fsp3) is 0.400. The van der Waals surface area contributed by atoms with Crippen molar-refractivity contribution in [3.8, 4) is 0 Å². The van der Waals surface area contributed by atoms with Gasteiger partial charge in [-0.15, -0.1) is 0 Å². The van der Waals surface area contributed by atoms with Crippen molar-refractivity contribution in [2.45, 2.75) is 12.3 Å². The van der Waals surface area contributed by atoms with E-state index in [0.717, 1.165) is 6.07 Å². The predicted molar refractivity (Wildman–Crippen MR) is 56.5 cm³/mol. The summed E-state index contributed by atoms with van der Waals surface area (Å²) in [5, 5.41) is 9.22. The van der Waals surface area contributed by atoms with Gasteiger partial charge in [-0.05, 0) is 13.3 Å². The molecule has 0 amide bonds. The average Bonchev–Trinajstić information content (AvgIpc) is 2.14. The van der Waals surface area contributed by atoms with Crippen molar-refractivity contribution in [3.63, 3.8) is 0 Å². The fourth-order valence-electron chi connectivity index (χ4n) is 1.39. The number of benzene rings is 1. The number of rotatable bonds is 2. The maximum Gasteiger partial charge on any atom is 0.418 e. The highest BCUT2D eigenvalue weighted by atomic mass is 31.2. The van der Waals surface area contributed by atoms with Crippen LogP contribution < -0.4 is 5.30 Å². The predicted octanol–water partition coefficient (Wildman–Crippen LogP) is 2.53. The summed E-state index contributed by atoms with van der Waals surface area (Å²) >= 11 is 0. The molecule has 0 radical (unpaired) electrons. The van der Waals surface area contributed by atoms with Crippen molar-refractivity contribution in [3.05, 3.63) is 29.8 Å². The van der Waals surface area contributed by atoms with Gasteiger partial charge >= 0.3 is 6.18 Å². The van der Waals surface area contributed by atoms with E-state index in [1.54, 1.807) is 0 Å².